The molecule has 1 saturated heterocycles. The van der Waals surface area contributed by atoms with E-state index in [9.17, 15) is 4.79 Å². The van der Waals surface area contributed by atoms with Gasteiger partial charge in [0.25, 0.3) is 0 Å². The molecule has 0 aliphatic carbocycles. The van der Waals surface area contributed by atoms with Crippen LogP contribution in [0.2, 0.25) is 0 Å². The van der Waals surface area contributed by atoms with Crippen molar-refractivity contribution in [1.82, 2.24) is 4.90 Å². The van der Waals surface area contributed by atoms with Crippen LogP contribution >= 0.6 is 0 Å². The van der Waals surface area contributed by atoms with Gasteiger partial charge in [0.2, 0.25) is 0 Å². The number of rotatable bonds is 7. The van der Waals surface area contributed by atoms with Gasteiger partial charge in [0, 0.05) is 6.54 Å². The van der Waals surface area contributed by atoms with Crippen molar-refractivity contribution in [3.05, 3.63) is 0 Å². The van der Waals surface area contributed by atoms with E-state index in [2.05, 4.69) is 18.7 Å². The van der Waals surface area contributed by atoms with Crippen LogP contribution in [0.3, 0.4) is 0 Å². The van der Waals surface area contributed by atoms with Crippen molar-refractivity contribution in [1.29, 1.82) is 0 Å². The molecule has 0 atom stereocenters. The molecule has 18 heavy (non-hydrogen) atoms. The predicted molar refractivity (Wildman–Crippen MR) is 71.5 cm³/mol. The lowest BCUT2D eigenvalue weighted by atomic mass is 9.87. The zero-order valence-corrected chi connectivity index (χ0v) is 12.0. The maximum atomic E-state index is 11.1. The van der Waals surface area contributed by atoms with Gasteiger partial charge in [-0.25, -0.2) is 4.79 Å². The summed E-state index contributed by atoms with van der Waals surface area (Å²) in [6, 6.07) is 0. The van der Waals surface area contributed by atoms with Gasteiger partial charge in [-0.1, -0.05) is 13.8 Å². The summed E-state index contributed by atoms with van der Waals surface area (Å²) in [5.74, 6) is 1.41. The quantitative estimate of drug-likeness (QED) is 0.516. The van der Waals surface area contributed by atoms with E-state index in [-0.39, 0.29) is 12.6 Å². The summed E-state index contributed by atoms with van der Waals surface area (Å²) in [5, 5.41) is 0. The van der Waals surface area contributed by atoms with Gasteiger partial charge in [-0.15, -0.1) is 0 Å². The minimum atomic E-state index is -0.268. The third kappa shape index (κ3) is 5.83. The maximum Gasteiger partial charge on any atom is 0.332 e. The van der Waals surface area contributed by atoms with Crippen molar-refractivity contribution in [2.24, 2.45) is 11.8 Å². The van der Waals surface area contributed by atoms with Gasteiger partial charge in [-0.2, -0.15) is 0 Å². The summed E-state index contributed by atoms with van der Waals surface area (Å²) in [5.41, 5.74) is 0. The standard InChI is InChI=1S/C14H27NO3/c1-4-18-14(16)11-17-10-9-15-7-5-13(6-8-15)12(2)3/h12-13H,4-11H2,1-3H3. The number of carbonyl (C=O) groups excluding carboxylic acids is 1. The molecule has 0 aromatic rings. The first-order valence-electron chi connectivity index (χ1n) is 7.09. The molecule has 1 aliphatic rings. The highest BCUT2D eigenvalue weighted by molar-refractivity contribution is 5.70. The topological polar surface area (TPSA) is 38.8 Å². The molecular weight excluding hydrogens is 230 g/mol. The van der Waals surface area contributed by atoms with Crippen molar-refractivity contribution in [3.63, 3.8) is 0 Å². The second-order valence-corrected chi connectivity index (χ2v) is 5.28. The van der Waals surface area contributed by atoms with E-state index in [1.807, 2.05) is 0 Å². The van der Waals surface area contributed by atoms with E-state index < -0.39 is 0 Å². The average Bonchev–Trinajstić information content (AvgIpc) is 2.35. The lowest BCUT2D eigenvalue weighted by molar-refractivity contribution is -0.148. The molecule has 1 aliphatic heterocycles. The number of ether oxygens (including phenoxy) is 2. The number of carbonyl (C=O) groups is 1. The molecule has 0 N–H and O–H groups in total. The highest BCUT2D eigenvalue weighted by atomic mass is 16.6. The van der Waals surface area contributed by atoms with Gasteiger partial charge in [-0.3, -0.25) is 0 Å². The number of hydrogen-bond donors (Lipinski definition) is 0. The van der Waals surface area contributed by atoms with Crippen LogP contribution in [0.5, 0.6) is 0 Å². The fourth-order valence-corrected chi connectivity index (χ4v) is 2.40. The molecule has 0 amide bonds. The van der Waals surface area contributed by atoms with Gasteiger partial charge in [0.1, 0.15) is 6.61 Å². The maximum absolute atomic E-state index is 11.1. The van der Waals surface area contributed by atoms with Crippen molar-refractivity contribution < 1.29 is 14.3 Å². The third-order valence-corrected chi connectivity index (χ3v) is 3.65. The van der Waals surface area contributed by atoms with Gasteiger partial charge in [0.05, 0.1) is 13.2 Å². The lowest BCUT2D eigenvalue weighted by Crippen LogP contribution is -2.37. The molecule has 0 saturated carbocycles. The Morgan fingerprint density at radius 1 is 1.33 bits per heavy atom. The summed E-state index contributed by atoms with van der Waals surface area (Å²) < 4.78 is 10.1. The monoisotopic (exact) mass is 257 g/mol. The second-order valence-electron chi connectivity index (χ2n) is 5.28. The number of piperidine rings is 1. The Hall–Kier alpha value is -0.610. The van der Waals surface area contributed by atoms with Crippen LogP contribution in [0.1, 0.15) is 33.6 Å². The summed E-state index contributed by atoms with van der Waals surface area (Å²) in [7, 11) is 0. The van der Waals surface area contributed by atoms with Crippen molar-refractivity contribution in [2.45, 2.75) is 33.6 Å². The Morgan fingerprint density at radius 2 is 2.00 bits per heavy atom. The van der Waals surface area contributed by atoms with Crippen LogP contribution in [-0.2, 0) is 14.3 Å². The summed E-state index contributed by atoms with van der Waals surface area (Å²) >= 11 is 0. The first kappa shape index (κ1) is 15.4. The number of nitrogens with zero attached hydrogens (tertiary/aromatic N) is 1. The van der Waals surface area contributed by atoms with E-state index in [0.717, 1.165) is 31.5 Å². The summed E-state index contributed by atoms with van der Waals surface area (Å²) in [6.45, 7) is 10.8. The van der Waals surface area contributed by atoms with Gasteiger partial charge >= 0.3 is 5.97 Å². The zero-order chi connectivity index (χ0) is 13.4. The molecule has 0 aromatic heterocycles. The Labute approximate surface area is 111 Å². The third-order valence-electron chi connectivity index (χ3n) is 3.65. The van der Waals surface area contributed by atoms with Crippen LogP contribution in [0.25, 0.3) is 0 Å². The number of hydrogen-bond acceptors (Lipinski definition) is 4. The lowest BCUT2D eigenvalue weighted by Gasteiger charge is -2.33. The zero-order valence-electron chi connectivity index (χ0n) is 12.0. The predicted octanol–water partition coefficient (Wildman–Crippen LogP) is 1.93. The molecule has 0 radical (unpaired) electrons. The highest BCUT2D eigenvalue weighted by Gasteiger charge is 2.21. The molecule has 0 spiro atoms. The van der Waals surface area contributed by atoms with Gasteiger partial charge < -0.3 is 14.4 Å². The summed E-state index contributed by atoms with van der Waals surface area (Å²) in [6.07, 6.45) is 2.57. The molecule has 4 heteroatoms. The highest BCUT2D eigenvalue weighted by Crippen LogP contribution is 2.23. The Bertz CT molecular complexity index is 235. The van der Waals surface area contributed by atoms with Crippen LogP contribution in [0.4, 0.5) is 0 Å². The fourth-order valence-electron chi connectivity index (χ4n) is 2.40. The van der Waals surface area contributed by atoms with Crippen LogP contribution in [0.15, 0.2) is 0 Å². The van der Waals surface area contributed by atoms with E-state index in [1.54, 1.807) is 6.92 Å². The number of likely N-dealkylation sites (tertiary alicyclic amines) is 1. The Kier molecular flexibility index (Phi) is 7.28. The molecule has 1 fully saturated rings. The van der Waals surface area contributed by atoms with Crippen LogP contribution in [-0.4, -0.2) is 50.3 Å². The molecule has 0 bridgehead atoms. The fraction of sp³-hybridized carbons (Fsp3) is 0.929. The molecule has 0 aromatic carbocycles. The molecule has 106 valence electrons. The minimum absolute atomic E-state index is 0.0797. The van der Waals surface area contributed by atoms with Crippen molar-refractivity contribution in [3.8, 4) is 0 Å². The molecule has 4 nitrogen and oxygen atoms in total. The van der Waals surface area contributed by atoms with E-state index in [4.69, 9.17) is 9.47 Å². The van der Waals surface area contributed by atoms with Gasteiger partial charge in [-0.05, 0) is 44.7 Å². The second kappa shape index (κ2) is 8.48. The van der Waals surface area contributed by atoms with Crippen molar-refractivity contribution >= 4 is 5.97 Å². The number of esters is 1. The Balaban J connectivity index is 2.02. The van der Waals surface area contributed by atoms with E-state index in [1.165, 1.54) is 12.8 Å². The summed E-state index contributed by atoms with van der Waals surface area (Å²) in [4.78, 5) is 13.5. The van der Waals surface area contributed by atoms with Crippen LogP contribution in [0, 0.1) is 11.8 Å². The minimum Gasteiger partial charge on any atom is -0.464 e. The smallest absolute Gasteiger partial charge is 0.332 e. The van der Waals surface area contributed by atoms with Crippen molar-refractivity contribution in [2.75, 3.05) is 39.5 Å². The van der Waals surface area contributed by atoms with E-state index in [0.29, 0.717) is 13.2 Å². The average molecular weight is 257 g/mol. The molecule has 1 heterocycles. The van der Waals surface area contributed by atoms with Gasteiger partial charge in [0.15, 0.2) is 0 Å². The molecule has 0 unspecified atom stereocenters. The molecular formula is C14H27NO3. The first-order valence-corrected chi connectivity index (χ1v) is 7.09. The Morgan fingerprint density at radius 3 is 2.56 bits per heavy atom. The first-order chi connectivity index (χ1) is 8.63. The normalized spacial score (nSPS) is 18.2. The SMILES string of the molecule is CCOC(=O)COCCN1CCC(C(C)C)CC1. The van der Waals surface area contributed by atoms with Crippen LogP contribution < -0.4 is 0 Å². The molecule has 1 rings (SSSR count). The largest absolute Gasteiger partial charge is 0.464 e. The van der Waals surface area contributed by atoms with E-state index >= 15 is 0 Å².